The highest BCUT2D eigenvalue weighted by Gasteiger charge is 2.35. The molecule has 4 rings (SSSR count). The van der Waals surface area contributed by atoms with E-state index >= 15 is 0 Å². The van der Waals surface area contributed by atoms with Gasteiger partial charge in [-0.2, -0.15) is 0 Å². The molecular weight excluding hydrogens is 483 g/mol. The number of rotatable bonds is 9. The van der Waals surface area contributed by atoms with Gasteiger partial charge in [0.1, 0.15) is 34.4 Å². The van der Waals surface area contributed by atoms with Gasteiger partial charge in [0.25, 0.3) is 0 Å². The SMILES string of the molecule is COc1cccc(OC)c1-n1c(NS(=O)(=O)[C@@H](C)[C@H](O)c2ncc(F)cn2)nnc1[C@H]1CCOC1. The van der Waals surface area contributed by atoms with Gasteiger partial charge in [-0.25, -0.2) is 22.8 Å². The number of sulfonamides is 1. The van der Waals surface area contributed by atoms with Crippen LogP contribution in [0.1, 0.15) is 37.0 Å². The van der Waals surface area contributed by atoms with E-state index in [1.54, 1.807) is 18.2 Å². The zero-order chi connectivity index (χ0) is 25.2. The Kier molecular flexibility index (Phi) is 7.14. The van der Waals surface area contributed by atoms with Gasteiger partial charge < -0.3 is 19.3 Å². The van der Waals surface area contributed by atoms with Crippen LogP contribution in [0.25, 0.3) is 5.69 Å². The molecule has 3 heterocycles. The van der Waals surface area contributed by atoms with Crippen LogP contribution >= 0.6 is 0 Å². The topological polar surface area (TPSA) is 151 Å². The molecule has 1 fully saturated rings. The Morgan fingerprint density at radius 3 is 2.43 bits per heavy atom. The molecule has 1 aromatic carbocycles. The third kappa shape index (κ3) is 4.90. The molecule has 35 heavy (non-hydrogen) atoms. The Morgan fingerprint density at radius 1 is 1.20 bits per heavy atom. The van der Waals surface area contributed by atoms with Crippen molar-refractivity contribution in [2.45, 2.75) is 30.6 Å². The number of anilines is 1. The van der Waals surface area contributed by atoms with E-state index in [4.69, 9.17) is 14.2 Å². The summed E-state index contributed by atoms with van der Waals surface area (Å²) >= 11 is 0. The van der Waals surface area contributed by atoms with Crippen molar-refractivity contribution in [3.63, 3.8) is 0 Å². The fraction of sp³-hybridized carbons (Fsp3) is 0.429. The summed E-state index contributed by atoms with van der Waals surface area (Å²) in [6.07, 6.45) is 0.727. The molecule has 188 valence electrons. The quantitative estimate of drug-likeness (QED) is 0.436. The first-order valence-electron chi connectivity index (χ1n) is 10.7. The Balaban J connectivity index is 1.76. The number of halogens is 1. The van der Waals surface area contributed by atoms with E-state index in [1.165, 1.54) is 25.7 Å². The lowest BCUT2D eigenvalue weighted by Crippen LogP contribution is -2.32. The van der Waals surface area contributed by atoms with Gasteiger partial charge in [0, 0.05) is 12.5 Å². The molecule has 2 aromatic heterocycles. The Labute approximate surface area is 201 Å². The first kappa shape index (κ1) is 24.8. The normalized spacial score (nSPS) is 17.7. The molecule has 0 unspecified atom stereocenters. The minimum absolute atomic E-state index is 0.131. The minimum Gasteiger partial charge on any atom is -0.494 e. The number of aliphatic hydroxyl groups is 1. The molecule has 1 aliphatic heterocycles. The molecule has 3 atom stereocenters. The summed E-state index contributed by atoms with van der Waals surface area (Å²) < 4.78 is 60.1. The average molecular weight is 509 g/mol. The van der Waals surface area contributed by atoms with Crippen LogP contribution in [0.2, 0.25) is 0 Å². The maximum Gasteiger partial charge on any atom is 0.243 e. The summed E-state index contributed by atoms with van der Waals surface area (Å²) in [5.74, 6) is 0.0331. The van der Waals surface area contributed by atoms with E-state index in [1.807, 2.05) is 0 Å². The van der Waals surface area contributed by atoms with Crippen LogP contribution in [-0.4, -0.2) is 70.9 Å². The number of hydrogen-bond donors (Lipinski definition) is 2. The van der Waals surface area contributed by atoms with Crippen molar-refractivity contribution >= 4 is 16.0 Å². The van der Waals surface area contributed by atoms with Crippen LogP contribution < -0.4 is 14.2 Å². The fourth-order valence-electron chi connectivity index (χ4n) is 3.71. The van der Waals surface area contributed by atoms with Crippen molar-refractivity contribution in [1.29, 1.82) is 0 Å². The summed E-state index contributed by atoms with van der Waals surface area (Å²) in [6, 6.07) is 5.13. The number of hydrogen-bond acceptors (Lipinski definition) is 10. The average Bonchev–Trinajstić information content (AvgIpc) is 3.52. The number of aliphatic hydroxyl groups excluding tert-OH is 1. The second-order valence-corrected chi connectivity index (χ2v) is 9.88. The maximum absolute atomic E-state index is 13.2. The summed E-state index contributed by atoms with van der Waals surface area (Å²) in [5.41, 5.74) is 0.400. The van der Waals surface area contributed by atoms with E-state index < -0.39 is 27.2 Å². The minimum atomic E-state index is -4.26. The first-order valence-corrected chi connectivity index (χ1v) is 12.2. The molecule has 0 amide bonds. The molecule has 0 saturated carbocycles. The van der Waals surface area contributed by atoms with Gasteiger partial charge in [0.05, 0.1) is 33.2 Å². The molecule has 0 bridgehead atoms. The van der Waals surface area contributed by atoms with Gasteiger partial charge in [-0.05, 0) is 25.5 Å². The van der Waals surface area contributed by atoms with Gasteiger partial charge in [-0.15, -0.1) is 10.2 Å². The van der Waals surface area contributed by atoms with Crippen molar-refractivity contribution in [3.05, 3.63) is 48.1 Å². The lowest BCUT2D eigenvalue weighted by atomic mass is 10.1. The lowest BCUT2D eigenvalue weighted by molar-refractivity contribution is 0.166. The Bertz CT molecular complexity index is 1260. The monoisotopic (exact) mass is 508 g/mol. The van der Waals surface area contributed by atoms with Crippen molar-refractivity contribution in [2.24, 2.45) is 0 Å². The van der Waals surface area contributed by atoms with E-state index in [-0.39, 0.29) is 17.7 Å². The highest BCUT2D eigenvalue weighted by molar-refractivity contribution is 7.93. The number of nitrogens with zero attached hydrogens (tertiary/aromatic N) is 5. The fourth-order valence-corrected chi connectivity index (χ4v) is 4.75. The number of nitrogens with one attached hydrogen (secondary N) is 1. The van der Waals surface area contributed by atoms with E-state index in [0.29, 0.717) is 42.6 Å². The standard InChI is InChI=1S/C21H25FN6O6S/c1-12(18(29)19-23-9-14(22)10-24-19)35(30,31)27-21-26-25-20(13-7-8-34-11-13)28(21)17-15(32-2)5-4-6-16(17)33-3/h4-6,9-10,12-13,18,29H,7-8,11H2,1-3H3,(H,26,27)/t12-,13-,18-/m0/s1. The smallest absolute Gasteiger partial charge is 0.243 e. The summed E-state index contributed by atoms with van der Waals surface area (Å²) in [4.78, 5) is 7.36. The molecule has 14 heteroatoms. The summed E-state index contributed by atoms with van der Waals surface area (Å²) in [7, 11) is -1.30. The van der Waals surface area contributed by atoms with Gasteiger partial charge in [-0.1, -0.05) is 6.07 Å². The predicted octanol–water partition coefficient (Wildman–Crippen LogP) is 1.58. The predicted molar refractivity (Wildman–Crippen MR) is 122 cm³/mol. The number of ether oxygens (including phenoxy) is 3. The van der Waals surface area contributed by atoms with Gasteiger partial charge in [0.15, 0.2) is 11.6 Å². The number of benzene rings is 1. The van der Waals surface area contributed by atoms with Crippen molar-refractivity contribution in [1.82, 2.24) is 24.7 Å². The number of para-hydroxylation sites is 1. The molecular formula is C21H25FN6O6S. The van der Waals surface area contributed by atoms with Crippen LogP contribution in [0.4, 0.5) is 10.3 Å². The van der Waals surface area contributed by atoms with Crippen LogP contribution in [0.5, 0.6) is 11.5 Å². The van der Waals surface area contributed by atoms with E-state index in [2.05, 4.69) is 24.9 Å². The molecule has 12 nitrogen and oxygen atoms in total. The van der Waals surface area contributed by atoms with Gasteiger partial charge >= 0.3 is 0 Å². The summed E-state index contributed by atoms with van der Waals surface area (Å²) in [5, 5.41) is 17.5. The second-order valence-electron chi connectivity index (χ2n) is 7.85. The molecule has 0 spiro atoms. The number of aromatic nitrogens is 5. The maximum atomic E-state index is 13.2. The molecule has 0 aliphatic carbocycles. The largest absolute Gasteiger partial charge is 0.494 e. The Morgan fingerprint density at radius 2 is 1.86 bits per heavy atom. The van der Waals surface area contributed by atoms with Crippen LogP contribution in [0.15, 0.2) is 30.6 Å². The highest BCUT2D eigenvalue weighted by atomic mass is 32.2. The third-order valence-electron chi connectivity index (χ3n) is 5.68. The molecule has 0 radical (unpaired) electrons. The van der Waals surface area contributed by atoms with Gasteiger partial charge in [0.2, 0.25) is 16.0 Å². The van der Waals surface area contributed by atoms with Crippen molar-refractivity contribution in [3.8, 4) is 17.2 Å². The number of methoxy groups -OCH3 is 2. The van der Waals surface area contributed by atoms with Crippen LogP contribution in [0, 0.1) is 5.82 Å². The molecule has 3 aromatic rings. The van der Waals surface area contributed by atoms with Crippen LogP contribution in [-0.2, 0) is 14.8 Å². The van der Waals surface area contributed by atoms with E-state index in [9.17, 15) is 17.9 Å². The lowest BCUT2D eigenvalue weighted by Gasteiger charge is -2.21. The summed E-state index contributed by atoms with van der Waals surface area (Å²) in [6.45, 7) is 2.19. The highest BCUT2D eigenvalue weighted by Crippen LogP contribution is 2.38. The zero-order valence-electron chi connectivity index (χ0n) is 19.3. The van der Waals surface area contributed by atoms with Crippen LogP contribution in [0.3, 0.4) is 0 Å². The van der Waals surface area contributed by atoms with E-state index in [0.717, 1.165) is 12.4 Å². The molecule has 2 N–H and O–H groups in total. The van der Waals surface area contributed by atoms with Crippen molar-refractivity contribution in [2.75, 3.05) is 32.2 Å². The first-order chi connectivity index (χ1) is 16.8. The van der Waals surface area contributed by atoms with Gasteiger partial charge in [-0.3, -0.25) is 9.29 Å². The zero-order valence-corrected chi connectivity index (χ0v) is 20.1. The molecule has 1 aliphatic rings. The second kappa shape index (κ2) is 10.1. The molecule has 1 saturated heterocycles. The third-order valence-corrected chi connectivity index (χ3v) is 7.38. The Hall–Kier alpha value is -3.36. The van der Waals surface area contributed by atoms with Crippen molar-refractivity contribution < 1.29 is 32.1 Å².